The molecule has 0 atom stereocenters. The van der Waals surface area contributed by atoms with Crippen LogP contribution in [0, 0.1) is 0 Å². The molecule has 2 heterocycles. The predicted octanol–water partition coefficient (Wildman–Crippen LogP) is 1.65. The summed E-state index contributed by atoms with van der Waals surface area (Å²) < 4.78 is 0. The van der Waals surface area contributed by atoms with Crippen molar-refractivity contribution in [2.75, 3.05) is 24.5 Å². The van der Waals surface area contributed by atoms with E-state index >= 15 is 0 Å². The molecule has 0 aliphatic carbocycles. The van der Waals surface area contributed by atoms with E-state index in [2.05, 4.69) is 34.4 Å². The molecule has 27 heavy (non-hydrogen) atoms. The van der Waals surface area contributed by atoms with Crippen LogP contribution in [0.5, 0.6) is 0 Å². The molecule has 0 unspecified atom stereocenters. The Kier molecular flexibility index (Phi) is 6.76. The first kappa shape index (κ1) is 20.7. The SMILES string of the molecule is CCN(CC)c1ccc(CNC(=O)CN2C(=O)NC(CC)(CC)C2=O)cn1. The molecule has 1 fully saturated rings. The average Bonchev–Trinajstić information content (AvgIpc) is 2.93. The minimum atomic E-state index is -0.887. The molecule has 0 radical (unpaired) electrons. The molecule has 0 aromatic carbocycles. The molecule has 0 saturated carbocycles. The van der Waals surface area contributed by atoms with Gasteiger partial charge in [0.15, 0.2) is 0 Å². The molecule has 2 rings (SSSR count). The molecule has 8 heteroatoms. The number of anilines is 1. The Morgan fingerprint density at radius 1 is 1.19 bits per heavy atom. The van der Waals surface area contributed by atoms with E-state index < -0.39 is 11.6 Å². The van der Waals surface area contributed by atoms with E-state index in [1.165, 1.54) is 0 Å². The first-order chi connectivity index (χ1) is 12.9. The Hall–Kier alpha value is -2.64. The van der Waals surface area contributed by atoms with Crippen LogP contribution in [0.1, 0.15) is 46.1 Å². The Morgan fingerprint density at radius 2 is 1.85 bits per heavy atom. The van der Waals surface area contributed by atoms with Crippen molar-refractivity contribution in [2.24, 2.45) is 0 Å². The van der Waals surface area contributed by atoms with Crippen molar-refractivity contribution in [3.05, 3.63) is 23.9 Å². The third-order valence-electron chi connectivity index (χ3n) is 5.14. The van der Waals surface area contributed by atoms with Crippen LogP contribution in [0.25, 0.3) is 0 Å². The van der Waals surface area contributed by atoms with E-state index in [9.17, 15) is 14.4 Å². The number of hydrogen-bond acceptors (Lipinski definition) is 5. The van der Waals surface area contributed by atoms with Crippen molar-refractivity contribution in [3.63, 3.8) is 0 Å². The summed E-state index contributed by atoms with van der Waals surface area (Å²) in [6, 6.07) is 3.32. The first-order valence-corrected chi connectivity index (χ1v) is 9.51. The zero-order chi connectivity index (χ0) is 20.0. The highest BCUT2D eigenvalue weighted by Crippen LogP contribution is 2.24. The standard InChI is InChI=1S/C19H29N5O3/c1-5-19(6-2)17(26)24(18(27)22-19)13-16(25)21-12-14-9-10-15(20-11-14)23(7-3)8-4/h9-11H,5-8,12-13H2,1-4H3,(H,21,25)(H,22,27). The lowest BCUT2D eigenvalue weighted by Gasteiger charge is -2.23. The van der Waals surface area contributed by atoms with E-state index in [1.807, 2.05) is 26.0 Å². The van der Waals surface area contributed by atoms with Crippen molar-refractivity contribution in [2.45, 2.75) is 52.6 Å². The van der Waals surface area contributed by atoms with Crippen LogP contribution in [0.3, 0.4) is 0 Å². The highest BCUT2D eigenvalue weighted by Gasteiger charge is 2.49. The second-order valence-corrected chi connectivity index (χ2v) is 6.58. The van der Waals surface area contributed by atoms with Crippen molar-refractivity contribution in [1.29, 1.82) is 0 Å². The van der Waals surface area contributed by atoms with Crippen LogP contribution >= 0.6 is 0 Å². The van der Waals surface area contributed by atoms with Gasteiger partial charge < -0.3 is 15.5 Å². The van der Waals surface area contributed by atoms with Crippen molar-refractivity contribution in [3.8, 4) is 0 Å². The maximum Gasteiger partial charge on any atom is 0.325 e. The van der Waals surface area contributed by atoms with Gasteiger partial charge in [-0.2, -0.15) is 0 Å². The molecule has 148 valence electrons. The van der Waals surface area contributed by atoms with Crippen LogP contribution in [0.15, 0.2) is 18.3 Å². The predicted molar refractivity (Wildman–Crippen MR) is 103 cm³/mol. The third kappa shape index (κ3) is 4.37. The fourth-order valence-electron chi connectivity index (χ4n) is 3.21. The number of urea groups is 1. The number of carbonyl (C=O) groups is 3. The summed E-state index contributed by atoms with van der Waals surface area (Å²) in [6.45, 7) is 9.60. The zero-order valence-corrected chi connectivity index (χ0v) is 16.5. The summed E-state index contributed by atoms with van der Waals surface area (Å²) in [7, 11) is 0. The van der Waals surface area contributed by atoms with Gasteiger partial charge in [0.25, 0.3) is 5.91 Å². The van der Waals surface area contributed by atoms with Gasteiger partial charge in [0, 0.05) is 25.8 Å². The maximum atomic E-state index is 12.5. The maximum absolute atomic E-state index is 12.5. The minimum absolute atomic E-state index is 0.280. The van der Waals surface area contributed by atoms with Crippen LogP contribution in [-0.4, -0.2) is 52.9 Å². The minimum Gasteiger partial charge on any atom is -0.357 e. The molecule has 0 spiro atoms. The Labute approximate surface area is 160 Å². The Balaban J connectivity index is 1.91. The molecule has 2 N–H and O–H groups in total. The van der Waals surface area contributed by atoms with Crippen molar-refractivity contribution < 1.29 is 14.4 Å². The molecule has 1 saturated heterocycles. The topological polar surface area (TPSA) is 94.6 Å². The van der Waals surface area contributed by atoms with Gasteiger partial charge in [0.05, 0.1) is 0 Å². The summed E-state index contributed by atoms with van der Waals surface area (Å²) in [5.41, 5.74) is -0.0328. The van der Waals surface area contributed by atoms with Gasteiger partial charge in [-0.3, -0.25) is 14.5 Å². The van der Waals surface area contributed by atoms with Crippen molar-refractivity contribution in [1.82, 2.24) is 20.5 Å². The number of rotatable bonds is 9. The molecule has 4 amide bonds. The number of hydrogen-bond donors (Lipinski definition) is 2. The lowest BCUT2D eigenvalue weighted by Crippen LogP contribution is -2.46. The normalized spacial score (nSPS) is 15.6. The monoisotopic (exact) mass is 375 g/mol. The fourth-order valence-corrected chi connectivity index (χ4v) is 3.21. The lowest BCUT2D eigenvalue weighted by molar-refractivity contribution is -0.135. The smallest absolute Gasteiger partial charge is 0.325 e. The van der Waals surface area contributed by atoms with Gasteiger partial charge in [-0.25, -0.2) is 9.78 Å². The molecule has 8 nitrogen and oxygen atoms in total. The molecule has 1 aliphatic rings. The number of nitrogens with zero attached hydrogens (tertiary/aromatic N) is 3. The Morgan fingerprint density at radius 3 is 2.33 bits per heavy atom. The van der Waals surface area contributed by atoms with Gasteiger partial charge in [0.1, 0.15) is 17.9 Å². The molecule has 1 aliphatic heterocycles. The van der Waals surface area contributed by atoms with Crippen molar-refractivity contribution >= 4 is 23.7 Å². The van der Waals surface area contributed by atoms with Gasteiger partial charge in [0.2, 0.25) is 5.91 Å². The van der Waals surface area contributed by atoms with E-state index in [1.54, 1.807) is 6.20 Å². The van der Waals surface area contributed by atoms with Crippen LogP contribution in [0.4, 0.5) is 10.6 Å². The molecular formula is C19H29N5O3. The second kappa shape index (κ2) is 8.83. The van der Waals surface area contributed by atoms with E-state index in [-0.39, 0.29) is 18.4 Å². The van der Waals surface area contributed by atoms with E-state index in [0.29, 0.717) is 19.4 Å². The van der Waals surface area contributed by atoms with Gasteiger partial charge >= 0.3 is 6.03 Å². The van der Waals surface area contributed by atoms with E-state index in [0.717, 1.165) is 29.4 Å². The van der Waals surface area contributed by atoms with Gasteiger partial charge in [-0.15, -0.1) is 0 Å². The molecule has 0 bridgehead atoms. The highest BCUT2D eigenvalue weighted by molar-refractivity contribution is 6.08. The third-order valence-corrected chi connectivity index (χ3v) is 5.14. The summed E-state index contributed by atoms with van der Waals surface area (Å²) in [6.07, 6.45) is 2.72. The van der Waals surface area contributed by atoms with Crippen LogP contribution in [0.2, 0.25) is 0 Å². The van der Waals surface area contributed by atoms with Crippen LogP contribution < -0.4 is 15.5 Å². The summed E-state index contributed by atoms with van der Waals surface area (Å²) >= 11 is 0. The number of aromatic nitrogens is 1. The second-order valence-electron chi connectivity index (χ2n) is 6.58. The molecular weight excluding hydrogens is 346 g/mol. The summed E-state index contributed by atoms with van der Waals surface area (Å²) in [5, 5.41) is 5.46. The van der Waals surface area contributed by atoms with Gasteiger partial charge in [-0.1, -0.05) is 19.9 Å². The molecule has 1 aromatic rings. The number of nitrogens with one attached hydrogen (secondary N) is 2. The number of pyridine rings is 1. The number of carbonyl (C=O) groups excluding carboxylic acids is 3. The average molecular weight is 375 g/mol. The quantitative estimate of drug-likeness (QED) is 0.640. The largest absolute Gasteiger partial charge is 0.357 e. The lowest BCUT2D eigenvalue weighted by atomic mass is 9.93. The molecule has 1 aromatic heterocycles. The summed E-state index contributed by atoms with van der Waals surface area (Å²) in [5.74, 6) is 0.178. The highest BCUT2D eigenvalue weighted by atomic mass is 16.2. The number of amides is 4. The summed E-state index contributed by atoms with van der Waals surface area (Å²) in [4.78, 5) is 44.3. The fraction of sp³-hybridized carbons (Fsp3) is 0.579. The van der Waals surface area contributed by atoms with Gasteiger partial charge in [-0.05, 0) is 38.3 Å². The zero-order valence-electron chi connectivity index (χ0n) is 16.5. The Bertz CT molecular complexity index is 681. The van der Waals surface area contributed by atoms with E-state index in [4.69, 9.17) is 0 Å². The first-order valence-electron chi connectivity index (χ1n) is 9.51. The number of imide groups is 1. The van der Waals surface area contributed by atoms with Crippen LogP contribution in [-0.2, 0) is 16.1 Å².